The van der Waals surface area contributed by atoms with Gasteiger partial charge < -0.3 is 19.4 Å². The minimum Gasteiger partial charge on any atom is -0.444 e. The lowest BCUT2D eigenvalue weighted by atomic mass is 9.96. The van der Waals surface area contributed by atoms with Crippen LogP contribution in [0.15, 0.2) is 30.5 Å². The number of amides is 1. The van der Waals surface area contributed by atoms with E-state index in [0.717, 1.165) is 48.3 Å². The number of carbonyl (C=O) groups excluding carboxylic acids is 1. The molecule has 0 unspecified atom stereocenters. The summed E-state index contributed by atoms with van der Waals surface area (Å²) >= 11 is 0. The Morgan fingerprint density at radius 3 is 2.14 bits per heavy atom. The number of hydrogen-bond donors (Lipinski definition) is 2. The van der Waals surface area contributed by atoms with E-state index in [2.05, 4.69) is 75.0 Å². The Labute approximate surface area is 220 Å². The van der Waals surface area contributed by atoms with E-state index in [4.69, 9.17) is 9.72 Å². The van der Waals surface area contributed by atoms with E-state index in [1.807, 2.05) is 40.9 Å². The Kier molecular flexibility index (Phi) is 9.28. The van der Waals surface area contributed by atoms with Gasteiger partial charge >= 0.3 is 6.09 Å². The van der Waals surface area contributed by atoms with Crippen LogP contribution in [0.2, 0.25) is 18.1 Å². The van der Waals surface area contributed by atoms with Gasteiger partial charge in [-0.15, -0.1) is 0 Å². The minimum atomic E-state index is -2.27. The third-order valence-electron chi connectivity index (χ3n) is 7.01. The number of ether oxygens (including phenoxy) is 1. The molecule has 0 aliphatic heterocycles. The van der Waals surface area contributed by atoms with Crippen LogP contribution in [0.5, 0.6) is 0 Å². The average molecular weight is 516 g/mol. The highest BCUT2D eigenvalue weighted by atomic mass is 28.4. The third kappa shape index (κ3) is 8.77. The zero-order valence-corrected chi connectivity index (χ0v) is 25.5. The highest BCUT2D eigenvalue weighted by molar-refractivity contribution is 6.72. The van der Waals surface area contributed by atoms with Crippen LogP contribution in [0.25, 0.3) is 11.3 Å². The van der Waals surface area contributed by atoms with Gasteiger partial charge in [0.25, 0.3) is 0 Å². The molecule has 0 radical (unpaired) electrons. The summed E-state index contributed by atoms with van der Waals surface area (Å²) in [5, 5.41) is 3.01. The topological polar surface area (TPSA) is 76.4 Å². The van der Waals surface area contributed by atoms with Crippen molar-refractivity contribution in [3.05, 3.63) is 41.9 Å². The Morgan fingerprint density at radius 2 is 1.67 bits per heavy atom. The van der Waals surface area contributed by atoms with Gasteiger partial charge in [-0.25, -0.2) is 9.78 Å². The molecule has 2 N–H and O–H groups in total. The van der Waals surface area contributed by atoms with Gasteiger partial charge in [-0.1, -0.05) is 65.3 Å². The lowest BCUT2D eigenvalue weighted by Gasteiger charge is -2.35. The molecule has 0 aliphatic rings. The largest absolute Gasteiger partial charge is 0.444 e. The van der Waals surface area contributed by atoms with Crippen molar-refractivity contribution in [2.24, 2.45) is 7.05 Å². The highest BCUT2D eigenvalue weighted by Gasteiger charge is 2.37. The lowest BCUT2D eigenvalue weighted by Crippen LogP contribution is -2.41. The number of aryl methyl sites for hydroxylation is 1. The van der Waals surface area contributed by atoms with Crippen LogP contribution >= 0.6 is 0 Å². The van der Waals surface area contributed by atoms with E-state index in [0.29, 0.717) is 0 Å². The second kappa shape index (κ2) is 11.1. The Morgan fingerprint density at radius 1 is 1.08 bits per heavy atom. The summed E-state index contributed by atoms with van der Waals surface area (Å²) in [4.78, 5) is 28.1. The van der Waals surface area contributed by atoms with E-state index in [-0.39, 0.29) is 22.6 Å². The van der Waals surface area contributed by atoms with Crippen LogP contribution in [0.1, 0.15) is 86.0 Å². The number of aromatic nitrogens is 2. The standard InChI is InChI=1S/C29H49N3O3Si/c1-27(2,3)25-31-24(20-32(25)9)22-16-14-21(15-17-22)19-23(30-26(33)35-28(4,5)6)13-12-18-29(7,8)36(10,11)34/h14-17,20,23,34H,12-13,18-19H2,1-11H3,(H,30,33)/t23-/m1/s1. The molecule has 1 aromatic carbocycles. The Balaban J connectivity index is 2.15. The second-order valence-corrected chi connectivity index (χ2v) is 17.9. The fraction of sp³-hybridized carbons (Fsp3) is 0.655. The average Bonchev–Trinajstić information content (AvgIpc) is 3.08. The predicted molar refractivity (Wildman–Crippen MR) is 152 cm³/mol. The van der Waals surface area contributed by atoms with Crippen molar-refractivity contribution >= 4 is 14.4 Å². The van der Waals surface area contributed by atoms with Crippen molar-refractivity contribution in [1.82, 2.24) is 14.9 Å². The predicted octanol–water partition coefficient (Wildman–Crippen LogP) is 6.97. The molecule has 2 aromatic rings. The second-order valence-electron chi connectivity index (χ2n) is 13.4. The third-order valence-corrected chi connectivity index (χ3v) is 10.6. The minimum absolute atomic E-state index is 0.0181. The summed E-state index contributed by atoms with van der Waals surface area (Å²) in [6, 6.07) is 8.42. The first-order valence-corrected chi connectivity index (χ1v) is 16.1. The van der Waals surface area contributed by atoms with E-state index >= 15 is 0 Å². The van der Waals surface area contributed by atoms with Gasteiger partial charge in [0.05, 0.1) is 5.69 Å². The quantitative estimate of drug-likeness (QED) is 0.354. The maximum atomic E-state index is 12.6. The Hall–Kier alpha value is -2.12. The molecule has 0 spiro atoms. The van der Waals surface area contributed by atoms with Gasteiger partial charge in [0.15, 0.2) is 8.32 Å². The molecule has 1 amide bonds. The molecule has 0 fully saturated rings. The molecule has 0 saturated carbocycles. The molecular weight excluding hydrogens is 466 g/mol. The smallest absolute Gasteiger partial charge is 0.407 e. The first kappa shape index (κ1) is 30.1. The molecule has 1 atom stereocenters. The van der Waals surface area contributed by atoms with Crippen LogP contribution in [-0.2, 0) is 23.6 Å². The van der Waals surface area contributed by atoms with Gasteiger partial charge in [-0.2, -0.15) is 0 Å². The summed E-state index contributed by atoms with van der Waals surface area (Å²) in [6.45, 7) is 20.4. The number of alkyl carbamates (subject to hydrolysis) is 1. The van der Waals surface area contributed by atoms with Crippen molar-refractivity contribution < 1.29 is 14.3 Å². The molecule has 1 aromatic heterocycles. The van der Waals surface area contributed by atoms with Crippen molar-refractivity contribution in [2.75, 3.05) is 0 Å². The molecule has 2 rings (SSSR count). The summed E-state index contributed by atoms with van der Waals surface area (Å²) in [7, 11) is -0.226. The van der Waals surface area contributed by atoms with Crippen LogP contribution < -0.4 is 5.32 Å². The van der Waals surface area contributed by atoms with Gasteiger partial charge in [-0.3, -0.25) is 0 Å². The van der Waals surface area contributed by atoms with Crippen LogP contribution in [0.4, 0.5) is 4.79 Å². The van der Waals surface area contributed by atoms with Gasteiger partial charge in [0.1, 0.15) is 11.4 Å². The molecule has 202 valence electrons. The van der Waals surface area contributed by atoms with Gasteiger partial charge in [0, 0.05) is 30.3 Å². The fourth-order valence-electron chi connectivity index (χ4n) is 4.19. The molecule has 0 aliphatic carbocycles. The van der Waals surface area contributed by atoms with Crippen LogP contribution in [-0.4, -0.2) is 40.4 Å². The zero-order chi connectivity index (χ0) is 27.5. The summed E-state index contributed by atoms with van der Waals surface area (Å²) in [6.07, 6.45) is 5.08. The molecule has 6 nitrogen and oxygen atoms in total. The molecule has 0 bridgehead atoms. The highest BCUT2D eigenvalue weighted by Crippen LogP contribution is 2.40. The number of rotatable bonds is 9. The molecule has 7 heteroatoms. The molecule has 1 heterocycles. The van der Waals surface area contributed by atoms with Gasteiger partial charge in [-0.05, 0) is 63.7 Å². The van der Waals surface area contributed by atoms with E-state index < -0.39 is 13.9 Å². The molecular formula is C29H49N3O3Si. The SMILES string of the molecule is Cn1cc(-c2ccc(C[C@@H](CCCC(C)(C)[Si](C)(C)O)NC(=O)OC(C)(C)C)cc2)nc1C(C)(C)C. The first-order chi connectivity index (χ1) is 16.3. The van der Waals surface area contributed by atoms with Crippen molar-refractivity contribution in [2.45, 2.75) is 116 Å². The van der Waals surface area contributed by atoms with E-state index in [1.54, 1.807) is 0 Å². The van der Waals surface area contributed by atoms with Crippen molar-refractivity contribution in [1.29, 1.82) is 0 Å². The molecule has 0 saturated heterocycles. The normalized spacial score (nSPS) is 14.0. The first-order valence-electron chi connectivity index (χ1n) is 13.1. The van der Waals surface area contributed by atoms with Crippen molar-refractivity contribution in [3.63, 3.8) is 0 Å². The Bertz CT molecular complexity index is 1010. The summed E-state index contributed by atoms with van der Waals surface area (Å²) in [5.74, 6) is 1.06. The maximum absolute atomic E-state index is 12.6. The number of hydrogen-bond acceptors (Lipinski definition) is 4. The number of carbonyl (C=O) groups is 1. The number of nitrogens with zero attached hydrogens (tertiary/aromatic N) is 2. The maximum Gasteiger partial charge on any atom is 0.407 e. The number of imidazole rings is 1. The zero-order valence-electron chi connectivity index (χ0n) is 24.5. The summed E-state index contributed by atoms with van der Waals surface area (Å²) < 4.78 is 7.63. The lowest BCUT2D eigenvalue weighted by molar-refractivity contribution is 0.0501. The van der Waals surface area contributed by atoms with Crippen LogP contribution in [0.3, 0.4) is 0 Å². The fourth-order valence-corrected chi connectivity index (χ4v) is 4.98. The number of benzene rings is 1. The van der Waals surface area contributed by atoms with Crippen molar-refractivity contribution in [3.8, 4) is 11.3 Å². The number of nitrogens with one attached hydrogen (secondary N) is 1. The van der Waals surface area contributed by atoms with E-state index in [9.17, 15) is 9.59 Å². The van der Waals surface area contributed by atoms with Crippen LogP contribution in [0, 0.1) is 0 Å². The molecule has 36 heavy (non-hydrogen) atoms. The van der Waals surface area contributed by atoms with Gasteiger partial charge in [0.2, 0.25) is 0 Å². The van der Waals surface area contributed by atoms with E-state index in [1.165, 1.54) is 0 Å². The summed E-state index contributed by atoms with van der Waals surface area (Å²) in [5.41, 5.74) is 2.64. The monoisotopic (exact) mass is 515 g/mol.